The lowest BCUT2D eigenvalue weighted by molar-refractivity contribution is 0.580. The van der Waals surface area contributed by atoms with E-state index in [0.717, 1.165) is 22.5 Å². The molecule has 0 heterocycles. The summed E-state index contributed by atoms with van der Waals surface area (Å²) >= 11 is 2.17. The third kappa shape index (κ3) is 2.73. The molecule has 1 rings (SSSR count). The van der Waals surface area contributed by atoms with Crippen LogP contribution in [-0.2, 0) is 6.42 Å². The van der Waals surface area contributed by atoms with Gasteiger partial charge in [0.25, 0.3) is 0 Å². The van der Waals surface area contributed by atoms with E-state index >= 15 is 0 Å². The molecule has 0 unspecified atom stereocenters. The minimum Gasteiger partial charge on any atom is -0.207 e. The highest BCUT2D eigenvalue weighted by molar-refractivity contribution is 14.1. The van der Waals surface area contributed by atoms with Crippen LogP contribution >= 0.6 is 22.6 Å². The van der Waals surface area contributed by atoms with Crippen LogP contribution in [0.15, 0.2) is 18.2 Å². The van der Waals surface area contributed by atoms with E-state index in [1.54, 1.807) is 0 Å². The summed E-state index contributed by atoms with van der Waals surface area (Å²) in [6, 6.07) is 3.61. The highest BCUT2D eigenvalue weighted by Gasteiger charge is 1.98. The smallest absolute Gasteiger partial charge is 0.126 e. The van der Waals surface area contributed by atoms with E-state index in [9.17, 15) is 8.78 Å². The topological polar surface area (TPSA) is 0 Å². The molecule has 0 atom stereocenters. The van der Waals surface area contributed by atoms with Crippen LogP contribution in [0.25, 0.3) is 0 Å². The van der Waals surface area contributed by atoms with Gasteiger partial charge in [-0.2, -0.15) is 0 Å². The quantitative estimate of drug-likeness (QED) is 0.571. The van der Waals surface area contributed by atoms with E-state index < -0.39 is 11.6 Å². The van der Waals surface area contributed by atoms with E-state index in [0.29, 0.717) is 0 Å². The van der Waals surface area contributed by atoms with Crippen molar-refractivity contribution in [1.29, 1.82) is 0 Å². The predicted molar refractivity (Wildman–Crippen MR) is 48.9 cm³/mol. The molecule has 0 aromatic heterocycles. The van der Waals surface area contributed by atoms with Gasteiger partial charge in [-0.1, -0.05) is 22.6 Å². The lowest BCUT2D eigenvalue weighted by Crippen LogP contribution is -1.89. The largest absolute Gasteiger partial charge is 0.207 e. The van der Waals surface area contributed by atoms with Crippen molar-refractivity contribution in [2.75, 3.05) is 4.43 Å². The normalized spacial score (nSPS) is 10.1. The summed E-state index contributed by atoms with van der Waals surface area (Å²) in [7, 11) is 0. The van der Waals surface area contributed by atoms with Crippen molar-refractivity contribution in [1.82, 2.24) is 0 Å². The first kappa shape index (κ1) is 8.90. The first-order valence-corrected chi connectivity index (χ1v) is 4.76. The van der Waals surface area contributed by atoms with Crippen LogP contribution in [0.3, 0.4) is 0 Å². The van der Waals surface area contributed by atoms with Gasteiger partial charge in [0.05, 0.1) is 0 Å². The van der Waals surface area contributed by atoms with Crippen LogP contribution in [0.1, 0.15) is 5.56 Å². The zero-order valence-corrected chi connectivity index (χ0v) is 7.94. The molecule has 0 saturated carbocycles. The van der Waals surface area contributed by atoms with Gasteiger partial charge in [-0.15, -0.1) is 0 Å². The maximum atomic E-state index is 12.5. The number of aryl methyl sites for hydroxylation is 1. The third-order valence-electron chi connectivity index (χ3n) is 1.31. The average Bonchev–Trinajstić information content (AvgIpc) is 1.85. The van der Waals surface area contributed by atoms with Gasteiger partial charge in [-0.25, -0.2) is 8.78 Å². The highest BCUT2D eigenvalue weighted by Crippen LogP contribution is 2.09. The standard InChI is InChI=1S/C8H7F2I/c9-7-3-6(1-2-11)4-8(10)5-7/h3-5H,1-2H2. The lowest BCUT2D eigenvalue weighted by atomic mass is 10.2. The van der Waals surface area contributed by atoms with Crippen LogP contribution in [0, 0.1) is 11.6 Å². The summed E-state index contributed by atoms with van der Waals surface area (Å²) in [5.74, 6) is -0.991. The van der Waals surface area contributed by atoms with E-state index in [-0.39, 0.29) is 0 Å². The van der Waals surface area contributed by atoms with Crippen LogP contribution < -0.4 is 0 Å². The molecule has 0 spiro atoms. The van der Waals surface area contributed by atoms with Crippen molar-refractivity contribution in [2.45, 2.75) is 6.42 Å². The number of alkyl halides is 1. The SMILES string of the molecule is Fc1cc(F)cc(CCI)c1. The molecule has 0 fully saturated rings. The zero-order valence-electron chi connectivity index (χ0n) is 5.78. The van der Waals surface area contributed by atoms with Gasteiger partial charge in [0.2, 0.25) is 0 Å². The molecule has 0 nitrogen and oxygen atoms in total. The van der Waals surface area contributed by atoms with Crippen molar-refractivity contribution in [3.63, 3.8) is 0 Å². The van der Waals surface area contributed by atoms with E-state index in [2.05, 4.69) is 22.6 Å². The average molecular weight is 268 g/mol. The lowest BCUT2D eigenvalue weighted by Gasteiger charge is -1.97. The molecular weight excluding hydrogens is 261 g/mol. The molecule has 0 bridgehead atoms. The maximum absolute atomic E-state index is 12.5. The van der Waals surface area contributed by atoms with Gasteiger partial charge in [-0.3, -0.25) is 0 Å². The molecule has 0 N–H and O–H groups in total. The van der Waals surface area contributed by atoms with Gasteiger partial charge in [0, 0.05) is 10.5 Å². The molecule has 0 radical (unpaired) electrons. The Morgan fingerprint density at radius 1 is 1.09 bits per heavy atom. The fraction of sp³-hybridized carbons (Fsp3) is 0.250. The second kappa shape index (κ2) is 3.99. The number of rotatable bonds is 2. The van der Waals surface area contributed by atoms with Crippen LogP contribution in [0.2, 0.25) is 0 Å². The van der Waals surface area contributed by atoms with Crippen molar-refractivity contribution in [3.05, 3.63) is 35.4 Å². The molecule has 1 aromatic rings. The Morgan fingerprint density at radius 3 is 2.09 bits per heavy atom. The Bertz CT molecular complexity index is 228. The first-order chi connectivity index (χ1) is 5.22. The van der Waals surface area contributed by atoms with Gasteiger partial charge >= 0.3 is 0 Å². The third-order valence-corrected chi connectivity index (χ3v) is 1.84. The fourth-order valence-electron chi connectivity index (χ4n) is 0.864. The Labute approximate surface area is 77.8 Å². The summed E-state index contributed by atoms with van der Waals surface area (Å²) < 4.78 is 25.9. The van der Waals surface area contributed by atoms with E-state index in [1.165, 1.54) is 12.1 Å². The van der Waals surface area contributed by atoms with Crippen molar-refractivity contribution < 1.29 is 8.78 Å². The summed E-state index contributed by atoms with van der Waals surface area (Å²) in [6.07, 6.45) is 0.717. The molecule has 60 valence electrons. The Hall–Kier alpha value is -0.190. The van der Waals surface area contributed by atoms with Gasteiger partial charge in [-0.05, 0) is 24.1 Å². The summed E-state index contributed by atoms with van der Waals surface area (Å²) in [6.45, 7) is 0. The van der Waals surface area contributed by atoms with Crippen LogP contribution in [0.4, 0.5) is 8.78 Å². The predicted octanol–water partition coefficient (Wildman–Crippen LogP) is 2.94. The van der Waals surface area contributed by atoms with Crippen molar-refractivity contribution in [3.8, 4) is 0 Å². The number of benzene rings is 1. The minimum atomic E-state index is -0.496. The summed E-state index contributed by atoms with van der Waals surface area (Å²) in [5.41, 5.74) is 0.719. The first-order valence-electron chi connectivity index (χ1n) is 3.23. The monoisotopic (exact) mass is 268 g/mol. The molecule has 0 aliphatic carbocycles. The molecule has 0 amide bonds. The van der Waals surface area contributed by atoms with Crippen LogP contribution in [-0.4, -0.2) is 4.43 Å². The minimum absolute atomic E-state index is 0.496. The molecule has 0 aliphatic heterocycles. The molecule has 0 saturated heterocycles. The van der Waals surface area contributed by atoms with Gasteiger partial charge in [0.15, 0.2) is 0 Å². The molecule has 0 aliphatic rings. The Kier molecular flexibility index (Phi) is 3.23. The number of hydrogen-bond acceptors (Lipinski definition) is 0. The Balaban J connectivity index is 2.89. The van der Waals surface area contributed by atoms with Gasteiger partial charge < -0.3 is 0 Å². The molecular formula is C8H7F2I. The molecule has 3 heteroatoms. The second-order valence-corrected chi connectivity index (χ2v) is 3.30. The summed E-state index contributed by atoms with van der Waals surface area (Å²) in [4.78, 5) is 0. The maximum Gasteiger partial charge on any atom is 0.126 e. The highest BCUT2D eigenvalue weighted by atomic mass is 127. The Morgan fingerprint density at radius 2 is 1.64 bits per heavy atom. The molecule has 1 aromatic carbocycles. The van der Waals surface area contributed by atoms with Gasteiger partial charge in [0.1, 0.15) is 11.6 Å². The van der Waals surface area contributed by atoms with Crippen LogP contribution in [0.5, 0.6) is 0 Å². The zero-order chi connectivity index (χ0) is 8.27. The second-order valence-electron chi connectivity index (χ2n) is 2.22. The molecule has 11 heavy (non-hydrogen) atoms. The summed E-state index contributed by atoms with van der Waals surface area (Å²) in [5, 5.41) is 0. The number of halogens is 3. The van der Waals surface area contributed by atoms with E-state index in [4.69, 9.17) is 0 Å². The van der Waals surface area contributed by atoms with E-state index in [1.807, 2.05) is 0 Å². The van der Waals surface area contributed by atoms with Crippen molar-refractivity contribution in [2.24, 2.45) is 0 Å². The van der Waals surface area contributed by atoms with Crippen molar-refractivity contribution >= 4 is 22.6 Å². The number of hydrogen-bond donors (Lipinski definition) is 0. The fourth-order valence-corrected chi connectivity index (χ4v) is 1.49.